The number of hydrogen-bond acceptors (Lipinski definition) is 7. The second-order valence-corrected chi connectivity index (χ2v) is 12.2. The van der Waals surface area contributed by atoms with Gasteiger partial charge in [-0.25, -0.2) is 17.5 Å². The molecule has 2 aliphatic rings. The summed E-state index contributed by atoms with van der Waals surface area (Å²) in [5, 5.41) is 16.9. The molecule has 15 heteroatoms. The molecule has 0 unspecified atom stereocenters. The Labute approximate surface area is 234 Å². The number of carboxylic acid groups (broad SMARTS) is 1. The van der Waals surface area contributed by atoms with Crippen molar-refractivity contribution in [2.24, 2.45) is 5.73 Å². The number of halogens is 3. The van der Waals surface area contributed by atoms with E-state index < -0.39 is 28.1 Å². The predicted octanol–water partition coefficient (Wildman–Crippen LogP) is 3.49. The normalized spacial score (nSPS) is 16.9. The highest BCUT2D eigenvalue weighted by Gasteiger charge is 2.38. The number of fused-ring (bicyclic) bond motifs is 1. The highest BCUT2D eigenvalue weighted by Crippen LogP contribution is 2.37. The zero-order valence-corrected chi connectivity index (χ0v) is 23.1. The number of primary amides is 1. The van der Waals surface area contributed by atoms with Crippen LogP contribution in [0.4, 0.5) is 19.0 Å². The van der Waals surface area contributed by atoms with Crippen molar-refractivity contribution in [3.63, 3.8) is 0 Å². The van der Waals surface area contributed by atoms with Crippen molar-refractivity contribution in [1.29, 1.82) is 0 Å². The predicted molar refractivity (Wildman–Crippen MR) is 146 cm³/mol. The third-order valence-corrected chi connectivity index (χ3v) is 9.24. The molecule has 4 N–H and O–H groups in total. The molecule has 3 aromatic rings. The van der Waals surface area contributed by atoms with Crippen molar-refractivity contribution in [3.05, 3.63) is 41.6 Å². The minimum Gasteiger partial charge on any atom is -0.475 e. The third kappa shape index (κ3) is 6.78. The molecular weight excluding hydrogens is 565 g/mol. The van der Waals surface area contributed by atoms with E-state index in [0.717, 1.165) is 48.3 Å². The van der Waals surface area contributed by atoms with Gasteiger partial charge in [-0.05, 0) is 68.4 Å². The molecule has 1 amide bonds. The molecule has 2 aliphatic heterocycles. The van der Waals surface area contributed by atoms with Gasteiger partial charge in [0, 0.05) is 43.3 Å². The third-order valence-electron chi connectivity index (χ3n) is 7.36. The van der Waals surface area contributed by atoms with Crippen LogP contribution in [-0.2, 0) is 14.8 Å². The maximum Gasteiger partial charge on any atom is 0.490 e. The van der Waals surface area contributed by atoms with Crippen molar-refractivity contribution < 1.29 is 36.3 Å². The molecule has 4 heterocycles. The van der Waals surface area contributed by atoms with Gasteiger partial charge in [0.25, 0.3) is 5.91 Å². The number of carbonyl (C=O) groups is 2. The molecule has 11 nitrogen and oxygen atoms in total. The standard InChI is InChI=1S/C24H30N6O3S.C2HF3O2/c1-2-34(32,33)30-11-7-16(8-12-30)20-15-26-23-18(20)13-17(14-19(23)24(25)31)21-5-6-22(28-27-21)29-9-3-4-10-29;3-2(4,5)1(6)7/h5-6,13-16,26H,2-4,7-12H2,1H3,(H2,25,31);(H,6,7). The van der Waals surface area contributed by atoms with Crippen LogP contribution >= 0.6 is 0 Å². The van der Waals surface area contributed by atoms with Crippen LogP contribution < -0.4 is 10.6 Å². The quantitative estimate of drug-likeness (QED) is 0.390. The topological polar surface area (TPSA) is 163 Å². The number of aromatic nitrogens is 3. The van der Waals surface area contributed by atoms with Crippen molar-refractivity contribution in [1.82, 2.24) is 19.5 Å². The Kier molecular flexibility index (Phi) is 8.87. The average molecular weight is 597 g/mol. The van der Waals surface area contributed by atoms with E-state index in [1.165, 1.54) is 12.8 Å². The summed E-state index contributed by atoms with van der Waals surface area (Å²) < 4.78 is 57.8. The number of amides is 1. The SMILES string of the molecule is CCS(=O)(=O)N1CCC(c2c[nH]c3c(C(N)=O)cc(-c4ccc(N5CCCC5)nn4)cc23)CC1.O=C(O)C(F)(F)F. The van der Waals surface area contributed by atoms with Crippen LogP contribution in [0.2, 0.25) is 0 Å². The second kappa shape index (κ2) is 12.0. The molecule has 2 saturated heterocycles. The monoisotopic (exact) mass is 596 g/mol. The number of nitrogens with one attached hydrogen (secondary N) is 1. The van der Waals surface area contributed by atoms with E-state index in [2.05, 4.69) is 20.1 Å². The minimum atomic E-state index is -5.08. The Morgan fingerprint density at radius 3 is 2.24 bits per heavy atom. The van der Waals surface area contributed by atoms with Gasteiger partial charge in [-0.1, -0.05) is 0 Å². The van der Waals surface area contributed by atoms with E-state index in [1.54, 1.807) is 17.3 Å². The Morgan fingerprint density at radius 2 is 1.73 bits per heavy atom. The van der Waals surface area contributed by atoms with Crippen LogP contribution in [0.3, 0.4) is 0 Å². The summed E-state index contributed by atoms with van der Waals surface area (Å²) in [5.74, 6) is -2.09. The second-order valence-electron chi connectivity index (χ2n) is 9.90. The van der Waals surface area contributed by atoms with Crippen LogP contribution in [-0.4, -0.2) is 83.0 Å². The number of carbonyl (C=O) groups excluding carboxylic acids is 1. The smallest absolute Gasteiger partial charge is 0.475 e. The summed E-state index contributed by atoms with van der Waals surface area (Å²) in [6.07, 6.45) is 0.639. The number of H-pyrrole nitrogens is 1. The Morgan fingerprint density at radius 1 is 1.10 bits per heavy atom. The van der Waals surface area contributed by atoms with Crippen molar-refractivity contribution >= 4 is 38.6 Å². The highest BCUT2D eigenvalue weighted by atomic mass is 32.2. The molecule has 1 aromatic carbocycles. The first-order valence-electron chi connectivity index (χ1n) is 13.1. The Balaban J connectivity index is 0.000000493. The van der Waals surface area contributed by atoms with E-state index in [0.29, 0.717) is 29.9 Å². The zero-order valence-electron chi connectivity index (χ0n) is 22.3. The lowest BCUT2D eigenvalue weighted by Gasteiger charge is -2.31. The van der Waals surface area contributed by atoms with E-state index in [4.69, 9.17) is 15.6 Å². The molecule has 0 aliphatic carbocycles. The molecular formula is C26H31F3N6O5S. The Hall–Kier alpha value is -3.72. The number of rotatable bonds is 6. The van der Waals surface area contributed by atoms with Gasteiger partial charge in [0.1, 0.15) is 0 Å². The summed E-state index contributed by atoms with van der Waals surface area (Å²) in [6, 6.07) is 7.71. The van der Waals surface area contributed by atoms with Crippen LogP contribution in [0.5, 0.6) is 0 Å². The number of carboxylic acids is 1. The van der Waals surface area contributed by atoms with Gasteiger partial charge >= 0.3 is 12.1 Å². The van der Waals surface area contributed by atoms with Crippen LogP contribution in [0.15, 0.2) is 30.5 Å². The summed E-state index contributed by atoms with van der Waals surface area (Å²) in [4.78, 5) is 26.6. The summed E-state index contributed by atoms with van der Waals surface area (Å²) in [6.45, 7) is 4.67. The number of aromatic amines is 1. The summed E-state index contributed by atoms with van der Waals surface area (Å²) >= 11 is 0. The largest absolute Gasteiger partial charge is 0.490 e. The number of aliphatic carboxylic acids is 1. The molecule has 0 bridgehead atoms. The zero-order chi connectivity index (χ0) is 29.9. The fourth-order valence-electron chi connectivity index (χ4n) is 5.15. The van der Waals surface area contributed by atoms with Crippen molar-refractivity contribution in [3.8, 4) is 11.3 Å². The van der Waals surface area contributed by atoms with Crippen molar-refractivity contribution in [2.75, 3.05) is 36.8 Å². The minimum absolute atomic E-state index is 0.119. The lowest BCUT2D eigenvalue weighted by Crippen LogP contribution is -2.38. The van der Waals surface area contributed by atoms with Gasteiger partial charge < -0.3 is 20.7 Å². The van der Waals surface area contributed by atoms with E-state index >= 15 is 0 Å². The van der Waals surface area contributed by atoms with Gasteiger partial charge in [0.2, 0.25) is 10.0 Å². The van der Waals surface area contributed by atoms with Gasteiger partial charge in [0.15, 0.2) is 5.82 Å². The van der Waals surface area contributed by atoms with Crippen molar-refractivity contribution in [2.45, 2.75) is 44.7 Å². The summed E-state index contributed by atoms with van der Waals surface area (Å²) in [7, 11) is -3.18. The first-order chi connectivity index (χ1) is 19.3. The number of sulfonamides is 1. The van der Waals surface area contributed by atoms with Crippen LogP contribution in [0.25, 0.3) is 22.2 Å². The fourth-order valence-corrected chi connectivity index (χ4v) is 6.29. The number of nitrogens with zero attached hydrogens (tertiary/aromatic N) is 4. The molecule has 0 spiro atoms. The van der Waals surface area contributed by atoms with E-state index in [9.17, 15) is 26.4 Å². The van der Waals surface area contributed by atoms with E-state index in [1.807, 2.05) is 24.4 Å². The van der Waals surface area contributed by atoms with Gasteiger partial charge in [-0.3, -0.25) is 4.79 Å². The fraction of sp³-hybridized carbons (Fsp3) is 0.462. The number of piperidine rings is 1. The van der Waals surface area contributed by atoms with Crippen LogP contribution in [0, 0.1) is 0 Å². The molecule has 41 heavy (non-hydrogen) atoms. The van der Waals surface area contributed by atoms with E-state index in [-0.39, 0.29) is 11.7 Å². The number of alkyl halides is 3. The number of benzene rings is 1. The molecule has 0 radical (unpaired) electrons. The van der Waals surface area contributed by atoms with Gasteiger partial charge in [0.05, 0.1) is 22.5 Å². The van der Waals surface area contributed by atoms with Gasteiger partial charge in [-0.2, -0.15) is 13.2 Å². The first kappa shape index (κ1) is 30.2. The lowest BCUT2D eigenvalue weighted by atomic mass is 9.89. The molecule has 222 valence electrons. The summed E-state index contributed by atoms with van der Waals surface area (Å²) in [5.41, 5.74) is 9.39. The van der Waals surface area contributed by atoms with Gasteiger partial charge in [-0.15, -0.1) is 10.2 Å². The lowest BCUT2D eigenvalue weighted by molar-refractivity contribution is -0.192. The molecule has 5 rings (SSSR count). The maximum atomic E-state index is 12.3. The number of nitrogens with two attached hydrogens (primary N) is 1. The molecule has 0 saturated carbocycles. The Bertz CT molecular complexity index is 1510. The average Bonchev–Trinajstić information content (AvgIpc) is 3.63. The maximum absolute atomic E-state index is 12.3. The number of hydrogen-bond donors (Lipinski definition) is 3. The number of anilines is 1. The molecule has 2 fully saturated rings. The highest BCUT2D eigenvalue weighted by molar-refractivity contribution is 7.89. The molecule has 2 aromatic heterocycles. The van der Waals surface area contributed by atoms with Crippen LogP contribution in [0.1, 0.15) is 54.4 Å². The molecule has 0 atom stereocenters. The first-order valence-corrected chi connectivity index (χ1v) is 14.7.